The Morgan fingerprint density at radius 1 is 1.24 bits per heavy atom. The number of nitro groups is 1. The van der Waals surface area contributed by atoms with Crippen LogP contribution in [0.15, 0.2) is 76.9 Å². The van der Waals surface area contributed by atoms with Crippen molar-refractivity contribution in [1.29, 1.82) is 5.26 Å². The molecule has 0 aliphatic carbocycles. The van der Waals surface area contributed by atoms with E-state index in [4.69, 9.17) is 16.0 Å². The van der Waals surface area contributed by atoms with E-state index in [1.54, 1.807) is 36.5 Å². The number of nitriles is 1. The number of hydrogen-bond acceptors (Lipinski definition) is 7. The molecule has 2 aromatic carbocycles. The maximum absolute atomic E-state index is 12.6. The molecule has 0 aliphatic rings. The highest BCUT2D eigenvalue weighted by Gasteiger charge is 2.14. The first kappa shape index (κ1) is 22.9. The number of hydrogen-bond donors (Lipinski definition) is 1. The van der Waals surface area contributed by atoms with Crippen LogP contribution in [0.4, 0.5) is 10.8 Å². The lowest BCUT2D eigenvalue weighted by atomic mass is 10.1. The number of halogens is 1. The molecule has 34 heavy (non-hydrogen) atoms. The highest BCUT2D eigenvalue weighted by atomic mass is 35.5. The largest absolute Gasteiger partial charge is 0.457 e. The number of nitrogens with one attached hydrogen (secondary N) is 1. The number of rotatable bonds is 7. The van der Waals surface area contributed by atoms with Gasteiger partial charge in [0, 0.05) is 46.3 Å². The summed E-state index contributed by atoms with van der Waals surface area (Å²) in [6, 6.07) is 18.5. The molecule has 0 radical (unpaired) electrons. The first-order valence-electron chi connectivity index (χ1n) is 9.88. The third-order valence-electron chi connectivity index (χ3n) is 4.68. The fourth-order valence-electron chi connectivity index (χ4n) is 3.08. The van der Waals surface area contributed by atoms with Gasteiger partial charge in [-0.1, -0.05) is 23.7 Å². The summed E-state index contributed by atoms with van der Waals surface area (Å²) < 4.78 is 5.68. The number of non-ortho nitro benzene ring substituents is 1. The predicted molar refractivity (Wildman–Crippen MR) is 129 cm³/mol. The lowest BCUT2D eigenvalue weighted by Gasteiger charge is -2.00. The Morgan fingerprint density at radius 3 is 2.74 bits per heavy atom. The number of aromatic nitrogens is 1. The Labute approximate surface area is 202 Å². The van der Waals surface area contributed by atoms with Crippen LogP contribution in [0, 0.1) is 21.4 Å². The summed E-state index contributed by atoms with van der Waals surface area (Å²) in [4.78, 5) is 28.0. The molecule has 1 N–H and O–H groups in total. The maximum Gasteiger partial charge on any atom is 0.269 e. The van der Waals surface area contributed by atoms with E-state index in [-0.39, 0.29) is 11.3 Å². The minimum absolute atomic E-state index is 0.0308. The summed E-state index contributed by atoms with van der Waals surface area (Å²) in [6.07, 6.45) is 3.61. The third kappa shape index (κ3) is 5.56. The van der Waals surface area contributed by atoms with Crippen LogP contribution < -0.4 is 5.32 Å². The van der Waals surface area contributed by atoms with E-state index in [1.165, 1.54) is 29.5 Å². The van der Waals surface area contributed by atoms with Crippen molar-refractivity contribution < 1.29 is 14.1 Å². The van der Waals surface area contributed by atoms with Gasteiger partial charge in [0.05, 0.1) is 4.92 Å². The van der Waals surface area contributed by atoms with Crippen LogP contribution in [-0.2, 0) is 11.2 Å². The second-order valence-electron chi connectivity index (χ2n) is 7.07. The molecule has 0 fully saturated rings. The Bertz CT molecular complexity index is 1430. The van der Waals surface area contributed by atoms with Crippen molar-refractivity contribution in [3.63, 3.8) is 0 Å². The summed E-state index contributed by atoms with van der Waals surface area (Å²) >= 11 is 7.32. The molecule has 2 aromatic heterocycles. The molecule has 0 spiro atoms. The van der Waals surface area contributed by atoms with E-state index in [2.05, 4.69) is 10.3 Å². The van der Waals surface area contributed by atoms with Crippen molar-refractivity contribution in [2.45, 2.75) is 6.42 Å². The van der Waals surface area contributed by atoms with Crippen LogP contribution in [0.1, 0.15) is 16.2 Å². The van der Waals surface area contributed by atoms with Crippen LogP contribution in [0.25, 0.3) is 17.4 Å². The number of nitro benzene ring substituents is 1. The van der Waals surface area contributed by atoms with Crippen LogP contribution in [-0.4, -0.2) is 15.8 Å². The Kier molecular flexibility index (Phi) is 6.82. The second-order valence-corrected chi connectivity index (χ2v) is 8.62. The number of furan rings is 1. The first-order valence-corrected chi connectivity index (χ1v) is 11.1. The standard InChI is InChI=1S/C24H15ClN4O4S/c25-18-3-1-2-15(10-18)11-21-14-27-24(34-21)28-23(30)17(13-26)12-20-8-9-22(33-20)16-4-6-19(7-5-16)29(31)32/h1-10,12,14H,11H2,(H,27,28,30)/b17-12-. The molecule has 0 bridgehead atoms. The Hall–Kier alpha value is -4.26. The number of amides is 1. The van der Waals surface area contributed by atoms with Crippen molar-refractivity contribution in [3.05, 3.63) is 104 Å². The highest BCUT2D eigenvalue weighted by molar-refractivity contribution is 7.15. The lowest BCUT2D eigenvalue weighted by Crippen LogP contribution is -2.13. The zero-order valence-corrected chi connectivity index (χ0v) is 19.0. The normalized spacial score (nSPS) is 11.1. The number of thiazole rings is 1. The van der Waals surface area contributed by atoms with Crippen molar-refractivity contribution in [3.8, 4) is 17.4 Å². The average molecular weight is 491 g/mol. The first-order chi connectivity index (χ1) is 16.4. The van der Waals surface area contributed by atoms with Gasteiger partial charge in [0.2, 0.25) is 0 Å². The quantitative estimate of drug-likeness (QED) is 0.144. The molecule has 4 rings (SSSR count). The Balaban J connectivity index is 1.44. The smallest absolute Gasteiger partial charge is 0.269 e. The highest BCUT2D eigenvalue weighted by Crippen LogP contribution is 2.26. The molecule has 10 heteroatoms. The summed E-state index contributed by atoms with van der Waals surface area (Å²) in [5.41, 5.74) is 1.46. The van der Waals surface area contributed by atoms with Crippen molar-refractivity contribution in [1.82, 2.24) is 4.98 Å². The lowest BCUT2D eigenvalue weighted by molar-refractivity contribution is -0.384. The summed E-state index contributed by atoms with van der Waals surface area (Å²) in [5.74, 6) is 0.129. The van der Waals surface area contributed by atoms with Gasteiger partial charge in [0.1, 0.15) is 23.2 Å². The van der Waals surface area contributed by atoms with Gasteiger partial charge in [-0.05, 0) is 42.0 Å². The van der Waals surface area contributed by atoms with Gasteiger partial charge in [0.25, 0.3) is 11.6 Å². The van der Waals surface area contributed by atoms with Gasteiger partial charge < -0.3 is 4.42 Å². The van der Waals surface area contributed by atoms with Gasteiger partial charge in [-0.2, -0.15) is 5.26 Å². The molecule has 0 saturated heterocycles. The molecule has 4 aromatic rings. The predicted octanol–water partition coefficient (Wildman–Crippen LogP) is 6.10. The van der Waals surface area contributed by atoms with Crippen molar-refractivity contribution in [2.75, 3.05) is 5.32 Å². The zero-order valence-electron chi connectivity index (χ0n) is 17.4. The number of benzene rings is 2. The molecule has 168 valence electrons. The van der Waals surface area contributed by atoms with Crippen molar-refractivity contribution >= 4 is 45.7 Å². The minimum atomic E-state index is -0.612. The van der Waals surface area contributed by atoms with E-state index >= 15 is 0 Å². The topological polar surface area (TPSA) is 122 Å². The van der Waals surface area contributed by atoms with E-state index in [1.807, 2.05) is 24.3 Å². The second kappa shape index (κ2) is 10.1. The van der Waals surface area contributed by atoms with Gasteiger partial charge in [-0.3, -0.25) is 20.2 Å². The van der Waals surface area contributed by atoms with Crippen LogP contribution in [0.2, 0.25) is 5.02 Å². The molecule has 0 atom stereocenters. The molecule has 0 aliphatic heterocycles. The van der Waals surface area contributed by atoms with Gasteiger partial charge >= 0.3 is 0 Å². The Morgan fingerprint density at radius 2 is 2.03 bits per heavy atom. The summed E-state index contributed by atoms with van der Waals surface area (Å²) in [7, 11) is 0. The number of nitrogens with zero attached hydrogens (tertiary/aromatic N) is 3. The molecule has 1 amide bonds. The fourth-order valence-corrected chi connectivity index (χ4v) is 4.14. The van der Waals surface area contributed by atoms with E-state index < -0.39 is 10.8 Å². The van der Waals surface area contributed by atoms with E-state index in [0.717, 1.165) is 10.4 Å². The van der Waals surface area contributed by atoms with Gasteiger partial charge in [0.15, 0.2) is 5.13 Å². The summed E-state index contributed by atoms with van der Waals surface area (Å²) in [6.45, 7) is 0. The average Bonchev–Trinajstić information content (AvgIpc) is 3.47. The molecular weight excluding hydrogens is 476 g/mol. The maximum atomic E-state index is 12.6. The fraction of sp³-hybridized carbons (Fsp3) is 0.0417. The van der Waals surface area contributed by atoms with Gasteiger partial charge in [-0.15, -0.1) is 11.3 Å². The van der Waals surface area contributed by atoms with Crippen LogP contribution >= 0.6 is 22.9 Å². The minimum Gasteiger partial charge on any atom is -0.457 e. The molecule has 0 unspecified atom stereocenters. The van der Waals surface area contributed by atoms with Crippen LogP contribution in [0.5, 0.6) is 0 Å². The zero-order chi connectivity index (χ0) is 24.1. The SMILES string of the molecule is N#C/C(=C/c1ccc(-c2ccc([N+](=O)[O-])cc2)o1)C(=O)Nc1ncc(Cc2cccc(Cl)c2)s1. The third-order valence-corrected chi connectivity index (χ3v) is 5.83. The molecule has 2 heterocycles. The van der Waals surface area contributed by atoms with E-state index in [0.29, 0.717) is 33.7 Å². The van der Waals surface area contributed by atoms with E-state index in [9.17, 15) is 20.2 Å². The molecule has 8 nitrogen and oxygen atoms in total. The number of carbonyl (C=O) groups excluding carboxylic acids is 1. The number of anilines is 1. The van der Waals surface area contributed by atoms with Crippen LogP contribution in [0.3, 0.4) is 0 Å². The van der Waals surface area contributed by atoms with Gasteiger partial charge in [-0.25, -0.2) is 4.98 Å². The molecular formula is C24H15ClN4O4S. The summed E-state index contributed by atoms with van der Waals surface area (Å²) in [5, 5.41) is 23.9. The molecule has 0 saturated carbocycles. The monoisotopic (exact) mass is 490 g/mol. The van der Waals surface area contributed by atoms with Crippen molar-refractivity contribution in [2.24, 2.45) is 0 Å². The number of carbonyl (C=O) groups is 1.